The van der Waals surface area contributed by atoms with Crippen molar-refractivity contribution in [2.45, 2.75) is 26.8 Å². The minimum Gasteiger partial charge on any atom is -0.384 e. The fourth-order valence-electron chi connectivity index (χ4n) is 1.95. The monoisotopic (exact) mass is 334 g/mol. The van der Waals surface area contributed by atoms with Crippen molar-refractivity contribution in [3.05, 3.63) is 46.4 Å². The standard InChI is InChI=1S/C17H23FN4O2/c1-4-7-21-15(11(2)10-24-3)17(23)22-9-13-6-5-12(16(19)20)8-14(13)18/h5-8H,4,9-10H2,1-3H3,(H3,19,20)(H,22,23)/b15-11+,21-7?. The second kappa shape index (κ2) is 9.57. The first kappa shape index (κ1) is 19.5. The van der Waals surface area contributed by atoms with E-state index >= 15 is 0 Å². The number of hydrogen-bond acceptors (Lipinski definition) is 4. The molecule has 0 saturated heterocycles. The summed E-state index contributed by atoms with van der Waals surface area (Å²) in [5.41, 5.74) is 6.87. The topological polar surface area (TPSA) is 101 Å². The van der Waals surface area contributed by atoms with Crippen molar-refractivity contribution in [1.29, 1.82) is 5.41 Å². The van der Waals surface area contributed by atoms with Gasteiger partial charge in [0.2, 0.25) is 0 Å². The van der Waals surface area contributed by atoms with Crippen LogP contribution in [-0.4, -0.2) is 31.7 Å². The van der Waals surface area contributed by atoms with Crippen molar-refractivity contribution in [2.75, 3.05) is 13.7 Å². The van der Waals surface area contributed by atoms with Crippen LogP contribution in [0.5, 0.6) is 0 Å². The van der Waals surface area contributed by atoms with Crippen LogP contribution < -0.4 is 11.1 Å². The summed E-state index contributed by atoms with van der Waals surface area (Å²) in [4.78, 5) is 16.5. The molecular formula is C17H23FN4O2. The smallest absolute Gasteiger partial charge is 0.270 e. The van der Waals surface area contributed by atoms with Crippen molar-refractivity contribution in [1.82, 2.24) is 5.32 Å². The Labute approximate surface area is 141 Å². The van der Waals surface area contributed by atoms with Crippen LogP contribution in [0.1, 0.15) is 31.4 Å². The molecule has 0 saturated carbocycles. The average molecular weight is 334 g/mol. The number of halogens is 1. The minimum absolute atomic E-state index is 0.00819. The molecule has 0 bridgehead atoms. The number of aliphatic imine (C=N–C) groups is 1. The van der Waals surface area contributed by atoms with Crippen LogP contribution in [0.3, 0.4) is 0 Å². The molecular weight excluding hydrogens is 311 g/mol. The van der Waals surface area contributed by atoms with Gasteiger partial charge in [-0.15, -0.1) is 0 Å². The van der Waals surface area contributed by atoms with Crippen LogP contribution in [0.4, 0.5) is 4.39 Å². The summed E-state index contributed by atoms with van der Waals surface area (Å²) >= 11 is 0. The number of methoxy groups -OCH3 is 1. The largest absolute Gasteiger partial charge is 0.384 e. The molecule has 0 aromatic heterocycles. The van der Waals surface area contributed by atoms with Crippen molar-refractivity contribution in [3.8, 4) is 0 Å². The number of nitrogen functional groups attached to an aromatic ring is 1. The molecule has 130 valence electrons. The molecule has 0 aliphatic heterocycles. The lowest BCUT2D eigenvalue weighted by molar-refractivity contribution is -0.117. The lowest BCUT2D eigenvalue weighted by Gasteiger charge is -2.10. The molecule has 24 heavy (non-hydrogen) atoms. The van der Waals surface area contributed by atoms with Gasteiger partial charge in [-0.1, -0.05) is 19.1 Å². The van der Waals surface area contributed by atoms with E-state index in [0.29, 0.717) is 23.1 Å². The van der Waals surface area contributed by atoms with Crippen LogP contribution in [0, 0.1) is 11.2 Å². The van der Waals surface area contributed by atoms with Gasteiger partial charge >= 0.3 is 0 Å². The third-order valence-electron chi connectivity index (χ3n) is 3.19. The number of rotatable bonds is 8. The third kappa shape index (κ3) is 5.58. The summed E-state index contributed by atoms with van der Waals surface area (Å²) in [6.45, 7) is 3.96. The highest BCUT2D eigenvalue weighted by molar-refractivity contribution is 5.95. The SMILES string of the molecule is CCC=N/C(C(=O)NCc1ccc(C(=N)N)cc1F)=C(\C)COC. The second-order valence-corrected chi connectivity index (χ2v) is 5.18. The molecule has 0 heterocycles. The Morgan fingerprint density at radius 3 is 2.75 bits per heavy atom. The molecule has 0 spiro atoms. The highest BCUT2D eigenvalue weighted by atomic mass is 19.1. The molecule has 0 atom stereocenters. The first-order chi connectivity index (χ1) is 11.4. The Bertz CT molecular complexity index is 669. The fraction of sp³-hybridized carbons (Fsp3) is 0.353. The molecule has 6 nitrogen and oxygen atoms in total. The number of benzene rings is 1. The van der Waals surface area contributed by atoms with Gasteiger partial charge in [-0.3, -0.25) is 15.2 Å². The van der Waals surface area contributed by atoms with E-state index in [9.17, 15) is 9.18 Å². The van der Waals surface area contributed by atoms with Crippen LogP contribution >= 0.6 is 0 Å². The number of carbonyl (C=O) groups excluding carboxylic acids is 1. The summed E-state index contributed by atoms with van der Waals surface area (Å²) in [7, 11) is 1.54. The van der Waals surface area contributed by atoms with Gasteiger partial charge < -0.3 is 15.8 Å². The first-order valence-corrected chi connectivity index (χ1v) is 7.52. The summed E-state index contributed by atoms with van der Waals surface area (Å²) < 4.78 is 19.0. The predicted octanol–water partition coefficient (Wildman–Crippen LogP) is 2.13. The Morgan fingerprint density at radius 2 is 2.21 bits per heavy atom. The summed E-state index contributed by atoms with van der Waals surface area (Å²) in [5, 5.41) is 9.93. The van der Waals surface area contributed by atoms with E-state index in [1.807, 2.05) is 6.92 Å². The van der Waals surface area contributed by atoms with Crippen molar-refractivity contribution < 1.29 is 13.9 Å². The van der Waals surface area contributed by atoms with Crippen LogP contribution in [-0.2, 0) is 16.1 Å². The molecule has 1 rings (SSSR count). The van der Waals surface area contributed by atoms with E-state index in [-0.39, 0.29) is 24.7 Å². The van der Waals surface area contributed by atoms with E-state index in [2.05, 4.69) is 10.3 Å². The number of amidine groups is 1. The van der Waals surface area contributed by atoms with E-state index < -0.39 is 11.7 Å². The van der Waals surface area contributed by atoms with Gasteiger partial charge in [0, 0.05) is 31.0 Å². The van der Waals surface area contributed by atoms with E-state index in [0.717, 1.165) is 0 Å². The number of amides is 1. The predicted molar refractivity (Wildman–Crippen MR) is 92.6 cm³/mol. The minimum atomic E-state index is -0.529. The van der Waals surface area contributed by atoms with Crippen LogP contribution in [0.2, 0.25) is 0 Å². The Morgan fingerprint density at radius 1 is 1.50 bits per heavy atom. The molecule has 0 radical (unpaired) electrons. The molecule has 4 N–H and O–H groups in total. The molecule has 0 aliphatic rings. The lowest BCUT2D eigenvalue weighted by atomic mass is 10.1. The van der Waals surface area contributed by atoms with E-state index in [4.69, 9.17) is 15.9 Å². The molecule has 0 aliphatic carbocycles. The Hall–Kier alpha value is -2.54. The highest BCUT2D eigenvalue weighted by Crippen LogP contribution is 2.11. The summed E-state index contributed by atoms with van der Waals surface area (Å²) in [5.74, 6) is -1.14. The van der Waals surface area contributed by atoms with E-state index in [1.165, 1.54) is 25.3 Å². The number of nitrogens with zero attached hydrogens (tertiary/aromatic N) is 1. The maximum Gasteiger partial charge on any atom is 0.270 e. The normalized spacial score (nSPS) is 12.2. The summed E-state index contributed by atoms with van der Waals surface area (Å²) in [6.07, 6.45) is 2.33. The van der Waals surface area contributed by atoms with Crippen LogP contribution in [0.25, 0.3) is 0 Å². The van der Waals surface area contributed by atoms with Gasteiger partial charge in [0.1, 0.15) is 17.3 Å². The zero-order chi connectivity index (χ0) is 18.1. The highest BCUT2D eigenvalue weighted by Gasteiger charge is 2.13. The number of nitrogens with two attached hydrogens (primary N) is 1. The third-order valence-corrected chi connectivity index (χ3v) is 3.19. The van der Waals surface area contributed by atoms with Gasteiger partial charge in [-0.25, -0.2) is 4.39 Å². The molecule has 1 aromatic carbocycles. The van der Waals surface area contributed by atoms with Crippen LogP contribution in [0.15, 0.2) is 34.5 Å². The lowest BCUT2D eigenvalue weighted by Crippen LogP contribution is -2.26. The van der Waals surface area contributed by atoms with Gasteiger partial charge in [-0.05, 0) is 25.0 Å². The van der Waals surface area contributed by atoms with Gasteiger partial charge in [0.05, 0.1) is 6.61 Å². The quantitative estimate of drug-likeness (QED) is 0.386. The maximum absolute atomic E-state index is 14.0. The van der Waals surface area contributed by atoms with Gasteiger partial charge in [0.25, 0.3) is 5.91 Å². The molecule has 1 amide bonds. The Kier molecular flexibility index (Phi) is 7.77. The van der Waals surface area contributed by atoms with Gasteiger partial charge in [0.15, 0.2) is 0 Å². The van der Waals surface area contributed by atoms with Crippen molar-refractivity contribution >= 4 is 18.0 Å². The number of ether oxygens (including phenoxy) is 1. The Balaban J connectivity index is 2.87. The van der Waals surface area contributed by atoms with Crippen molar-refractivity contribution in [2.24, 2.45) is 10.7 Å². The number of carbonyl (C=O) groups is 1. The summed E-state index contributed by atoms with van der Waals surface area (Å²) in [6, 6.07) is 4.20. The first-order valence-electron chi connectivity index (χ1n) is 7.52. The average Bonchev–Trinajstić information content (AvgIpc) is 2.54. The zero-order valence-electron chi connectivity index (χ0n) is 14.1. The number of nitrogens with one attached hydrogen (secondary N) is 2. The number of hydrogen-bond donors (Lipinski definition) is 3. The van der Waals surface area contributed by atoms with Gasteiger partial charge in [-0.2, -0.15) is 0 Å². The van der Waals surface area contributed by atoms with E-state index in [1.54, 1.807) is 13.1 Å². The van der Waals surface area contributed by atoms with Crippen molar-refractivity contribution in [3.63, 3.8) is 0 Å². The second-order valence-electron chi connectivity index (χ2n) is 5.18. The molecule has 0 fully saturated rings. The maximum atomic E-state index is 14.0. The molecule has 0 unspecified atom stereocenters. The molecule has 1 aromatic rings. The zero-order valence-corrected chi connectivity index (χ0v) is 14.1. The molecule has 7 heteroatoms. The fourth-order valence-corrected chi connectivity index (χ4v) is 1.95.